The zero-order valence-corrected chi connectivity index (χ0v) is 10.4. The molecule has 0 aromatic heterocycles. The second-order valence-corrected chi connectivity index (χ2v) is 4.51. The molecular weight excluding hydrogens is 242 g/mol. The molecule has 1 aromatic rings. The number of nitrogens with two attached hydrogens (primary N) is 1. The monoisotopic (exact) mass is 257 g/mol. The van der Waals surface area contributed by atoms with E-state index >= 15 is 0 Å². The van der Waals surface area contributed by atoms with Crippen molar-refractivity contribution in [2.75, 3.05) is 13.7 Å². The number of methoxy groups -OCH3 is 1. The van der Waals surface area contributed by atoms with E-state index in [1.54, 1.807) is 7.11 Å². The molecular formula is C11H16BrNO. The van der Waals surface area contributed by atoms with E-state index in [1.165, 1.54) is 5.56 Å². The van der Waals surface area contributed by atoms with Crippen molar-refractivity contribution in [3.63, 3.8) is 0 Å². The molecule has 0 saturated heterocycles. The van der Waals surface area contributed by atoms with E-state index in [0.29, 0.717) is 6.54 Å². The number of ether oxygens (including phenoxy) is 1. The summed E-state index contributed by atoms with van der Waals surface area (Å²) in [6.45, 7) is 4.54. The van der Waals surface area contributed by atoms with Gasteiger partial charge in [0.15, 0.2) is 0 Å². The standard InChI is InChI=1S/C11H16BrNO/c1-8-6-9(12)4-5-10(8)11(2,7-13)14-3/h4-6H,7,13H2,1-3H3. The lowest BCUT2D eigenvalue weighted by molar-refractivity contribution is 0.00956. The highest BCUT2D eigenvalue weighted by Crippen LogP contribution is 2.28. The van der Waals surface area contributed by atoms with Crippen LogP contribution in [0, 0.1) is 6.92 Å². The van der Waals surface area contributed by atoms with Crippen LogP contribution in [-0.4, -0.2) is 13.7 Å². The summed E-state index contributed by atoms with van der Waals surface area (Å²) in [5.74, 6) is 0. The van der Waals surface area contributed by atoms with Gasteiger partial charge in [0.25, 0.3) is 0 Å². The number of rotatable bonds is 3. The predicted molar refractivity (Wildman–Crippen MR) is 62.3 cm³/mol. The summed E-state index contributed by atoms with van der Waals surface area (Å²) < 4.78 is 6.53. The Kier molecular flexibility index (Phi) is 3.70. The van der Waals surface area contributed by atoms with Gasteiger partial charge in [0.05, 0.1) is 0 Å². The fourth-order valence-electron chi connectivity index (χ4n) is 1.52. The van der Waals surface area contributed by atoms with Crippen molar-refractivity contribution in [2.45, 2.75) is 19.4 Å². The van der Waals surface area contributed by atoms with Crippen LogP contribution in [-0.2, 0) is 10.3 Å². The number of hydrogen-bond acceptors (Lipinski definition) is 2. The molecule has 0 saturated carbocycles. The molecule has 14 heavy (non-hydrogen) atoms. The van der Waals surface area contributed by atoms with E-state index < -0.39 is 0 Å². The number of benzene rings is 1. The van der Waals surface area contributed by atoms with Crippen molar-refractivity contribution in [2.24, 2.45) is 5.73 Å². The molecule has 0 fully saturated rings. The molecule has 78 valence electrons. The predicted octanol–water partition coefficient (Wildman–Crippen LogP) is 2.58. The maximum atomic E-state index is 5.72. The highest BCUT2D eigenvalue weighted by Gasteiger charge is 2.25. The summed E-state index contributed by atoms with van der Waals surface area (Å²) >= 11 is 3.43. The van der Waals surface area contributed by atoms with E-state index in [0.717, 1.165) is 10.0 Å². The lowest BCUT2D eigenvalue weighted by Crippen LogP contribution is -2.34. The maximum Gasteiger partial charge on any atom is 0.102 e. The largest absolute Gasteiger partial charge is 0.372 e. The van der Waals surface area contributed by atoms with Crippen LogP contribution in [0.3, 0.4) is 0 Å². The smallest absolute Gasteiger partial charge is 0.102 e. The molecule has 1 aromatic carbocycles. The minimum Gasteiger partial charge on any atom is -0.372 e. The first-order valence-electron chi connectivity index (χ1n) is 4.55. The topological polar surface area (TPSA) is 35.2 Å². The maximum absolute atomic E-state index is 5.72. The van der Waals surface area contributed by atoms with Crippen molar-refractivity contribution in [3.8, 4) is 0 Å². The third-order valence-electron chi connectivity index (χ3n) is 2.60. The molecule has 1 atom stereocenters. The summed E-state index contributed by atoms with van der Waals surface area (Å²) in [6, 6.07) is 6.13. The molecule has 3 heteroatoms. The van der Waals surface area contributed by atoms with E-state index in [4.69, 9.17) is 10.5 Å². The molecule has 0 aliphatic rings. The Bertz CT molecular complexity index is 321. The average molecular weight is 258 g/mol. The van der Waals surface area contributed by atoms with Gasteiger partial charge in [-0.3, -0.25) is 0 Å². The molecule has 0 bridgehead atoms. The number of hydrogen-bond donors (Lipinski definition) is 1. The molecule has 0 spiro atoms. The Hall–Kier alpha value is -0.380. The minimum absolute atomic E-state index is 0.384. The fraction of sp³-hybridized carbons (Fsp3) is 0.455. The Morgan fingerprint density at radius 3 is 2.57 bits per heavy atom. The second-order valence-electron chi connectivity index (χ2n) is 3.60. The number of halogens is 1. The van der Waals surface area contributed by atoms with E-state index in [1.807, 2.05) is 13.0 Å². The van der Waals surface area contributed by atoms with Gasteiger partial charge in [-0.25, -0.2) is 0 Å². The molecule has 2 N–H and O–H groups in total. The molecule has 1 unspecified atom stereocenters. The quantitative estimate of drug-likeness (QED) is 0.904. The average Bonchev–Trinajstić information content (AvgIpc) is 2.17. The Labute approximate surface area is 93.6 Å². The van der Waals surface area contributed by atoms with Crippen LogP contribution in [0.5, 0.6) is 0 Å². The van der Waals surface area contributed by atoms with Gasteiger partial charge in [-0.1, -0.05) is 22.0 Å². The Morgan fingerprint density at radius 1 is 1.50 bits per heavy atom. The van der Waals surface area contributed by atoms with Crippen LogP contribution in [0.25, 0.3) is 0 Å². The van der Waals surface area contributed by atoms with Gasteiger partial charge in [0.2, 0.25) is 0 Å². The summed E-state index contributed by atoms with van der Waals surface area (Å²) in [7, 11) is 1.69. The van der Waals surface area contributed by atoms with Crippen LogP contribution in [0.2, 0.25) is 0 Å². The van der Waals surface area contributed by atoms with Crippen molar-refractivity contribution < 1.29 is 4.74 Å². The Morgan fingerprint density at radius 2 is 2.14 bits per heavy atom. The molecule has 0 aliphatic heterocycles. The summed E-state index contributed by atoms with van der Waals surface area (Å²) in [5, 5.41) is 0. The van der Waals surface area contributed by atoms with Crippen molar-refractivity contribution in [1.29, 1.82) is 0 Å². The molecule has 2 nitrogen and oxygen atoms in total. The van der Waals surface area contributed by atoms with Crippen LogP contribution < -0.4 is 5.73 Å². The van der Waals surface area contributed by atoms with Gasteiger partial charge in [-0.15, -0.1) is 0 Å². The van der Waals surface area contributed by atoms with Gasteiger partial charge in [-0.2, -0.15) is 0 Å². The molecule has 0 heterocycles. The summed E-state index contributed by atoms with van der Waals surface area (Å²) in [6.07, 6.45) is 0. The fourth-order valence-corrected chi connectivity index (χ4v) is 2.00. The number of aryl methyl sites for hydroxylation is 1. The van der Waals surface area contributed by atoms with Crippen LogP contribution in [0.4, 0.5) is 0 Å². The first-order valence-corrected chi connectivity index (χ1v) is 5.34. The highest BCUT2D eigenvalue weighted by molar-refractivity contribution is 9.10. The van der Waals surface area contributed by atoms with E-state index in [9.17, 15) is 0 Å². The highest BCUT2D eigenvalue weighted by atomic mass is 79.9. The molecule has 1 rings (SSSR count). The van der Waals surface area contributed by atoms with Crippen LogP contribution >= 0.6 is 15.9 Å². The zero-order valence-electron chi connectivity index (χ0n) is 8.80. The first-order chi connectivity index (χ1) is 6.53. The molecule has 0 radical (unpaired) electrons. The van der Waals surface area contributed by atoms with Gasteiger partial charge in [0, 0.05) is 18.1 Å². The van der Waals surface area contributed by atoms with Gasteiger partial charge < -0.3 is 10.5 Å². The van der Waals surface area contributed by atoms with Crippen molar-refractivity contribution >= 4 is 15.9 Å². The van der Waals surface area contributed by atoms with Gasteiger partial charge >= 0.3 is 0 Å². The van der Waals surface area contributed by atoms with E-state index in [2.05, 4.69) is 35.0 Å². The lowest BCUT2D eigenvalue weighted by atomic mass is 9.92. The molecule has 0 aliphatic carbocycles. The van der Waals surface area contributed by atoms with Crippen molar-refractivity contribution in [1.82, 2.24) is 0 Å². The third-order valence-corrected chi connectivity index (χ3v) is 3.09. The van der Waals surface area contributed by atoms with E-state index in [-0.39, 0.29) is 5.60 Å². The first kappa shape index (κ1) is 11.7. The summed E-state index contributed by atoms with van der Waals surface area (Å²) in [5.41, 5.74) is 7.67. The second kappa shape index (κ2) is 4.43. The SMILES string of the molecule is COC(C)(CN)c1ccc(Br)cc1C. The van der Waals surface area contributed by atoms with Crippen molar-refractivity contribution in [3.05, 3.63) is 33.8 Å². The zero-order chi connectivity index (χ0) is 10.8. The third kappa shape index (κ3) is 2.16. The normalized spacial score (nSPS) is 15.2. The van der Waals surface area contributed by atoms with Crippen LogP contribution in [0.1, 0.15) is 18.1 Å². The van der Waals surface area contributed by atoms with Gasteiger partial charge in [0.1, 0.15) is 5.60 Å². The lowest BCUT2D eigenvalue weighted by Gasteiger charge is -2.28. The van der Waals surface area contributed by atoms with Gasteiger partial charge in [-0.05, 0) is 37.1 Å². The minimum atomic E-state index is -0.384. The molecule has 0 amide bonds. The Balaban J connectivity index is 3.17. The van der Waals surface area contributed by atoms with Crippen LogP contribution in [0.15, 0.2) is 22.7 Å². The summed E-state index contributed by atoms with van der Waals surface area (Å²) in [4.78, 5) is 0.